The summed E-state index contributed by atoms with van der Waals surface area (Å²) >= 11 is 0. The van der Waals surface area contributed by atoms with Crippen LogP contribution in [0.4, 0.5) is 17.5 Å². The fourth-order valence-corrected chi connectivity index (χ4v) is 3.30. The summed E-state index contributed by atoms with van der Waals surface area (Å²) in [4.78, 5) is 11.9. The summed E-state index contributed by atoms with van der Waals surface area (Å²) in [6.07, 6.45) is 4.94. The van der Waals surface area contributed by atoms with Gasteiger partial charge in [0.2, 0.25) is 5.95 Å². The molecule has 23 heavy (non-hydrogen) atoms. The SMILES string of the molecule is CCC1CCCCN1c1nc(C)cc(Nc2cccc(C)c2)n1. The Labute approximate surface area is 139 Å². The van der Waals surface area contributed by atoms with Crippen molar-refractivity contribution < 1.29 is 0 Å². The minimum absolute atomic E-state index is 0.567. The minimum Gasteiger partial charge on any atom is -0.340 e. The third-order valence-corrected chi connectivity index (χ3v) is 4.49. The molecule has 1 saturated heterocycles. The van der Waals surface area contributed by atoms with Crippen LogP contribution in [0.3, 0.4) is 0 Å². The zero-order valence-corrected chi connectivity index (χ0v) is 14.3. The molecular formula is C19H26N4. The van der Waals surface area contributed by atoms with Crippen molar-refractivity contribution >= 4 is 17.5 Å². The first-order chi connectivity index (χ1) is 11.2. The predicted molar refractivity (Wildman–Crippen MR) is 96.5 cm³/mol. The zero-order valence-electron chi connectivity index (χ0n) is 14.3. The quantitative estimate of drug-likeness (QED) is 0.895. The summed E-state index contributed by atoms with van der Waals surface area (Å²) < 4.78 is 0. The second-order valence-corrected chi connectivity index (χ2v) is 6.44. The van der Waals surface area contributed by atoms with Crippen molar-refractivity contribution in [2.24, 2.45) is 0 Å². The minimum atomic E-state index is 0.567. The summed E-state index contributed by atoms with van der Waals surface area (Å²) in [5.41, 5.74) is 3.31. The van der Waals surface area contributed by atoms with Crippen molar-refractivity contribution in [2.45, 2.75) is 52.5 Å². The van der Waals surface area contributed by atoms with Crippen LogP contribution in [-0.4, -0.2) is 22.6 Å². The molecule has 4 nitrogen and oxygen atoms in total. The van der Waals surface area contributed by atoms with Gasteiger partial charge in [-0.15, -0.1) is 0 Å². The molecule has 1 aromatic heterocycles. The largest absolute Gasteiger partial charge is 0.340 e. The number of hydrogen-bond donors (Lipinski definition) is 1. The number of nitrogens with one attached hydrogen (secondary N) is 1. The van der Waals surface area contributed by atoms with Crippen LogP contribution in [0.5, 0.6) is 0 Å². The van der Waals surface area contributed by atoms with Gasteiger partial charge in [0.1, 0.15) is 5.82 Å². The molecule has 4 heteroatoms. The zero-order chi connectivity index (χ0) is 16.2. The smallest absolute Gasteiger partial charge is 0.227 e. The first-order valence-corrected chi connectivity index (χ1v) is 8.61. The molecule has 2 aromatic rings. The fourth-order valence-electron chi connectivity index (χ4n) is 3.30. The van der Waals surface area contributed by atoms with Gasteiger partial charge in [-0.2, -0.15) is 4.98 Å². The van der Waals surface area contributed by atoms with E-state index in [1.54, 1.807) is 0 Å². The second kappa shape index (κ2) is 6.99. The summed E-state index contributed by atoms with van der Waals surface area (Å²) in [5, 5.41) is 3.42. The van der Waals surface area contributed by atoms with Gasteiger partial charge in [0.15, 0.2) is 0 Å². The van der Waals surface area contributed by atoms with Gasteiger partial charge in [-0.1, -0.05) is 19.1 Å². The Morgan fingerprint density at radius 3 is 2.83 bits per heavy atom. The van der Waals surface area contributed by atoms with Gasteiger partial charge in [0, 0.05) is 30.0 Å². The van der Waals surface area contributed by atoms with Crippen molar-refractivity contribution in [3.8, 4) is 0 Å². The van der Waals surface area contributed by atoms with Crippen LogP contribution < -0.4 is 10.2 Å². The van der Waals surface area contributed by atoms with Crippen LogP contribution in [0.1, 0.15) is 43.9 Å². The number of rotatable bonds is 4. The van der Waals surface area contributed by atoms with Crippen LogP contribution in [0, 0.1) is 13.8 Å². The summed E-state index contributed by atoms with van der Waals surface area (Å²) in [6.45, 7) is 7.45. The van der Waals surface area contributed by atoms with E-state index in [0.29, 0.717) is 6.04 Å². The summed E-state index contributed by atoms with van der Waals surface area (Å²) in [5.74, 6) is 1.74. The van der Waals surface area contributed by atoms with Crippen LogP contribution in [0.25, 0.3) is 0 Å². The molecule has 2 heterocycles. The second-order valence-electron chi connectivity index (χ2n) is 6.44. The molecule has 1 atom stereocenters. The van der Waals surface area contributed by atoms with E-state index >= 15 is 0 Å². The monoisotopic (exact) mass is 310 g/mol. The topological polar surface area (TPSA) is 41.1 Å². The lowest BCUT2D eigenvalue weighted by Gasteiger charge is -2.35. The normalized spacial score (nSPS) is 18.0. The molecule has 3 rings (SSSR count). The average molecular weight is 310 g/mol. The van der Waals surface area contributed by atoms with E-state index in [2.05, 4.69) is 53.3 Å². The number of benzene rings is 1. The maximum absolute atomic E-state index is 4.78. The van der Waals surface area contributed by atoms with E-state index in [-0.39, 0.29) is 0 Å². The number of anilines is 3. The van der Waals surface area contributed by atoms with Gasteiger partial charge in [-0.25, -0.2) is 4.98 Å². The highest BCUT2D eigenvalue weighted by Crippen LogP contribution is 2.26. The lowest BCUT2D eigenvalue weighted by molar-refractivity contribution is 0.443. The van der Waals surface area contributed by atoms with Crippen LogP contribution in [-0.2, 0) is 0 Å². The molecule has 1 N–H and O–H groups in total. The van der Waals surface area contributed by atoms with Crippen molar-refractivity contribution in [3.63, 3.8) is 0 Å². The Balaban J connectivity index is 1.86. The number of aryl methyl sites for hydroxylation is 2. The molecule has 1 aromatic carbocycles. The highest BCUT2D eigenvalue weighted by molar-refractivity contribution is 5.58. The van der Waals surface area contributed by atoms with E-state index in [1.807, 2.05) is 13.0 Å². The van der Waals surface area contributed by atoms with Crippen LogP contribution >= 0.6 is 0 Å². The Kier molecular flexibility index (Phi) is 4.79. The Morgan fingerprint density at radius 2 is 2.04 bits per heavy atom. The number of aromatic nitrogens is 2. The molecule has 0 bridgehead atoms. The third-order valence-electron chi connectivity index (χ3n) is 4.49. The molecule has 0 amide bonds. The first-order valence-electron chi connectivity index (χ1n) is 8.61. The van der Waals surface area contributed by atoms with Crippen molar-refractivity contribution in [1.29, 1.82) is 0 Å². The van der Waals surface area contributed by atoms with Crippen LogP contribution in [0.2, 0.25) is 0 Å². The highest BCUT2D eigenvalue weighted by atomic mass is 15.3. The molecule has 1 fully saturated rings. The predicted octanol–water partition coefficient (Wildman–Crippen LogP) is 4.61. The van der Waals surface area contributed by atoms with Crippen LogP contribution in [0.15, 0.2) is 30.3 Å². The lowest BCUT2D eigenvalue weighted by atomic mass is 10.0. The molecule has 0 spiro atoms. The van der Waals surface area contributed by atoms with Gasteiger partial charge in [-0.05, 0) is 57.2 Å². The van der Waals surface area contributed by atoms with E-state index in [9.17, 15) is 0 Å². The number of hydrogen-bond acceptors (Lipinski definition) is 4. The maximum atomic E-state index is 4.78. The van der Waals surface area contributed by atoms with E-state index < -0.39 is 0 Å². The third kappa shape index (κ3) is 3.81. The molecule has 122 valence electrons. The van der Waals surface area contributed by atoms with Crippen molar-refractivity contribution in [2.75, 3.05) is 16.8 Å². The Bertz CT molecular complexity index is 668. The van der Waals surface area contributed by atoms with E-state index in [4.69, 9.17) is 4.98 Å². The van der Waals surface area contributed by atoms with Gasteiger partial charge in [0.25, 0.3) is 0 Å². The molecule has 1 aliphatic heterocycles. The van der Waals surface area contributed by atoms with Gasteiger partial charge < -0.3 is 10.2 Å². The summed E-state index contributed by atoms with van der Waals surface area (Å²) in [6, 6.07) is 10.9. The standard InChI is InChI=1S/C19H26N4/c1-4-17-10-5-6-11-23(17)19-20-15(3)13-18(22-19)21-16-9-7-8-14(2)12-16/h7-9,12-13,17H,4-6,10-11H2,1-3H3,(H,20,21,22). The van der Waals surface area contributed by atoms with Crippen molar-refractivity contribution in [1.82, 2.24) is 9.97 Å². The average Bonchev–Trinajstić information content (AvgIpc) is 2.54. The number of piperidine rings is 1. The highest BCUT2D eigenvalue weighted by Gasteiger charge is 2.23. The van der Waals surface area contributed by atoms with Crippen molar-refractivity contribution in [3.05, 3.63) is 41.6 Å². The fraction of sp³-hybridized carbons (Fsp3) is 0.474. The molecule has 0 aliphatic carbocycles. The molecular weight excluding hydrogens is 284 g/mol. The lowest BCUT2D eigenvalue weighted by Crippen LogP contribution is -2.40. The number of nitrogens with zero attached hydrogens (tertiary/aromatic N) is 3. The Morgan fingerprint density at radius 1 is 1.17 bits per heavy atom. The van der Waals surface area contributed by atoms with E-state index in [1.165, 1.54) is 24.8 Å². The molecule has 1 unspecified atom stereocenters. The first kappa shape index (κ1) is 15.8. The molecule has 0 radical (unpaired) electrons. The maximum Gasteiger partial charge on any atom is 0.227 e. The van der Waals surface area contributed by atoms with Gasteiger partial charge in [0.05, 0.1) is 0 Å². The summed E-state index contributed by atoms with van der Waals surface area (Å²) in [7, 11) is 0. The molecule has 1 aliphatic rings. The van der Waals surface area contributed by atoms with Gasteiger partial charge >= 0.3 is 0 Å². The van der Waals surface area contributed by atoms with Gasteiger partial charge in [-0.3, -0.25) is 0 Å². The van der Waals surface area contributed by atoms with E-state index in [0.717, 1.165) is 36.1 Å². The Hall–Kier alpha value is -2.10. The molecule has 0 saturated carbocycles.